The molecule has 108 valence electrons. The summed E-state index contributed by atoms with van der Waals surface area (Å²) in [5, 5.41) is 2.85. The summed E-state index contributed by atoms with van der Waals surface area (Å²) >= 11 is 0. The van der Waals surface area contributed by atoms with Gasteiger partial charge in [0, 0.05) is 25.1 Å². The van der Waals surface area contributed by atoms with Gasteiger partial charge in [0.15, 0.2) is 0 Å². The SMILES string of the molecule is CC(C)(N)CCC(=O)NCCCOCc1ccco1. The fourth-order valence-electron chi connectivity index (χ4n) is 1.49. The molecule has 0 spiro atoms. The average Bonchev–Trinajstić information content (AvgIpc) is 2.83. The highest BCUT2D eigenvalue weighted by atomic mass is 16.5. The van der Waals surface area contributed by atoms with Crippen LogP contribution in [0.4, 0.5) is 0 Å². The molecule has 5 nitrogen and oxygen atoms in total. The summed E-state index contributed by atoms with van der Waals surface area (Å²) in [6, 6.07) is 3.70. The van der Waals surface area contributed by atoms with E-state index in [1.807, 2.05) is 26.0 Å². The maximum absolute atomic E-state index is 11.5. The van der Waals surface area contributed by atoms with E-state index in [9.17, 15) is 4.79 Å². The number of rotatable bonds is 9. The fraction of sp³-hybridized carbons (Fsp3) is 0.643. The summed E-state index contributed by atoms with van der Waals surface area (Å²) in [6.45, 7) is 5.54. The normalized spacial score (nSPS) is 11.5. The van der Waals surface area contributed by atoms with E-state index in [-0.39, 0.29) is 11.4 Å². The highest BCUT2D eigenvalue weighted by Crippen LogP contribution is 2.06. The number of nitrogens with one attached hydrogen (secondary N) is 1. The van der Waals surface area contributed by atoms with Crippen molar-refractivity contribution in [2.45, 2.75) is 45.3 Å². The number of carbonyl (C=O) groups is 1. The third kappa shape index (κ3) is 8.40. The molecule has 0 radical (unpaired) electrons. The van der Waals surface area contributed by atoms with Gasteiger partial charge in [0.2, 0.25) is 5.91 Å². The minimum atomic E-state index is -0.288. The molecule has 0 fully saturated rings. The van der Waals surface area contributed by atoms with Crippen molar-refractivity contribution in [3.05, 3.63) is 24.2 Å². The molecule has 3 N–H and O–H groups in total. The quantitative estimate of drug-likeness (QED) is 0.670. The Morgan fingerprint density at radius 2 is 2.32 bits per heavy atom. The summed E-state index contributed by atoms with van der Waals surface area (Å²) in [5.74, 6) is 0.860. The van der Waals surface area contributed by atoms with Gasteiger partial charge >= 0.3 is 0 Å². The van der Waals surface area contributed by atoms with Crippen LogP contribution in [-0.2, 0) is 16.1 Å². The van der Waals surface area contributed by atoms with Gasteiger partial charge in [-0.15, -0.1) is 0 Å². The zero-order valence-electron chi connectivity index (χ0n) is 11.8. The van der Waals surface area contributed by atoms with E-state index in [4.69, 9.17) is 14.9 Å². The summed E-state index contributed by atoms with van der Waals surface area (Å²) in [5.41, 5.74) is 5.53. The summed E-state index contributed by atoms with van der Waals surface area (Å²) in [4.78, 5) is 11.5. The molecule has 0 aliphatic heterocycles. The second-order valence-corrected chi connectivity index (χ2v) is 5.32. The van der Waals surface area contributed by atoms with Crippen LogP contribution in [0, 0.1) is 0 Å². The fourth-order valence-corrected chi connectivity index (χ4v) is 1.49. The highest BCUT2D eigenvalue weighted by Gasteiger charge is 2.12. The molecule has 1 aromatic heterocycles. The van der Waals surface area contributed by atoms with E-state index in [2.05, 4.69) is 5.32 Å². The molecule has 1 rings (SSSR count). The van der Waals surface area contributed by atoms with Crippen molar-refractivity contribution in [3.63, 3.8) is 0 Å². The Bertz CT molecular complexity index is 355. The zero-order chi connectivity index (χ0) is 14.1. The van der Waals surface area contributed by atoms with E-state index in [0.29, 0.717) is 32.6 Å². The van der Waals surface area contributed by atoms with Crippen molar-refractivity contribution in [1.82, 2.24) is 5.32 Å². The van der Waals surface area contributed by atoms with Crippen LogP contribution in [0.3, 0.4) is 0 Å². The molecule has 0 aromatic carbocycles. The molecule has 1 aromatic rings. The van der Waals surface area contributed by atoms with Gasteiger partial charge in [-0.2, -0.15) is 0 Å². The summed E-state index contributed by atoms with van der Waals surface area (Å²) in [7, 11) is 0. The molecule has 1 heterocycles. The number of furan rings is 1. The Labute approximate surface area is 114 Å². The molecule has 0 aliphatic rings. The van der Waals surface area contributed by atoms with Crippen LogP contribution < -0.4 is 11.1 Å². The predicted octanol–water partition coefficient (Wildman–Crippen LogP) is 1.82. The molecule has 0 aliphatic carbocycles. The predicted molar refractivity (Wildman–Crippen MR) is 73.5 cm³/mol. The van der Waals surface area contributed by atoms with E-state index in [1.54, 1.807) is 6.26 Å². The Morgan fingerprint density at radius 1 is 1.53 bits per heavy atom. The van der Waals surface area contributed by atoms with E-state index in [1.165, 1.54) is 0 Å². The molecular formula is C14H24N2O3. The standard InChI is InChI=1S/C14H24N2O3/c1-14(2,15)7-6-13(17)16-8-4-9-18-11-12-5-3-10-19-12/h3,5,10H,4,6-9,11,15H2,1-2H3,(H,16,17). The van der Waals surface area contributed by atoms with Crippen LogP contribution >= 0.6 is 0 Å². The third-order valence-electron chi connectivity index (χ3n) is 2.61. The second kappa shape index (κ2) is 7.96. The number of hydrogen-bond acceptors (Lipinski definition) is 4. The topological polar surface area (TPSA) is 77.5 Å². The van der Waals surface area contributed by atoms with Crippen LogP contribution in [0.2, 0.25) is 0 Å². The number of amides is 1. The Kier molecular flexibility index (Phi) is 6.59. The number of ether oxygens (including phenoxy) is 1. The van der Waals surface area contributed by atoms with Crippen LogP contribution in [0.25, 0.3) is 0 Å². The van der Waals surface area contributed by atoms with Crippen molar-refractivity contribution in [2.75, 3.05) is 13.2 Å². The number of hydrogen-bond donors (Lipinski definition) is 2. The molecular weight excluding hydrogens is 244 g/mol. The van der Waals surface area contributed by atoms with Crippen LogP contribution in [-0.4, -0.2) is 24.6 Å². The van der Waals surface area contributed by atoms with E-state index >= 15 is 0 Å². The summed E-state index contributed by atoms with van der Waals surface area (Å²) < 4.78 is 10.5. The van der Waals surface area contributed by atoms with Crippen molar-refractivity contribution in [3.8, 4) is 0 Å². The Balaban J connectivity index is 1.94. The molecule has 0 saturated heterocycles. The molecule has 0 bridgehead atoms. The Hall–Kier alpha value is -1.33. The van der Waals surface area contributed by atoms with Gasteiger partial charge in [-0.3, -0.25) is 4.79 Å². The summed E-state index contributed by atoms with van der Waals surface area (Å²) in [6.07, 6.45) is 3.57. The first-order chi connectivity index (χ1) is 8.97. The lowest BCUT2D eigenvalue weighted by Crippen LogP contribution is -2.34. The monoisotopic (exact) mass is 268 g/mol. The van der Waals surface area contributed by atoms with E-state index < -0.39 is 0 Å². The highest BCUT2D eigenvalue weighted by molar-refractivity contribution is 5.75. The van der Waals surface area contributed by atoms with Gasteiger partial charge < -0.3 is 20.2 Å². The molecule has 0 unspecified atom stereocenters. The largest absolute Gasteiger partial charge is 0.467 e. The average molecular weight is 268 g/mol. The van der Waals surface area contributed by atoms with Gasteiger partial charge in [-0.1, -0.05) is 0 Å². The van der Waals surface area contributed by atoms with Crippen molar-refractivity contribution in [2.24, 2.45) is 5.73 Å². The molecule has 19 heavy (non-hydrogen) atoms. The van der Waals surface area contributed by atoms with Crippen molar-refractivity contribution in [1.29, 1.82) is 0 Å². The maximum Gasteiger partial charge on any atom is 0.220 e. The van der Waals surface area contributed by atoms with Gasteiger partial charge in [0.05, 0.1) is 6.26 Å². The first kappa shape index (κ1) is 15.7. The lowest BCUT2D eigenvalue weighted by atomic mass is 10.00. The van der Waals surface area contributed by atoms with Gasteiger partial charge in [-0.05, 0) is 38.8 Å². The zero-order valence-corrected chi connectivity index (χ0v) is 11.8. The first-order valence-electron chi connectivity index (χ1n) is 6.63. The molecule has 0 saturated carbocycles. The van der Waals surface area contributed by atoms with Gasteiger partial charge in [0.1, 0.15) is 12.4 Å². The second-order valence-electron chi connectivity index (χ2n) is 5.32. The van der Waals surface area contributed by atoms with Gasteiger partial charge in [0.25, 0.3) is 0 Å². The maximum atomic E-state index is 11.5. The first-order valence-corrected chi connectivity index (χ1v) is 6.63. The van der Waals surface area contributed by atoms with Crippen LogP contribution in [0.5, 0.6) is 0 Å². The van der Waals surface area contributed by atoms with Crippen molar-refractivity contribution >= 4 is 5.91 Å². The number of carbonyl (C=O) groups excluding carboxylic acids is 1. The van der Waals surface area contributed by atoms with Crippen molar-refractivity contribution < 1.29 is 13.9 Å². The molecule has 1 amide bonds. The lowest BCUT2D eigenvalue weighted by Gasteiger charge is -2.17. The smallest absolute Gasteiger partial charge is 0.220 e. The van der Waals surface area contributed by atoms with Crippen LogP contribution in [0.1, 0.15) is 38.9 Å². The lowest BCUT2D eigenvalue weighted by molar-refractivity contribution is -0.121. The van der Waals surface area contributed by atoms with E-state index in [0.717, 1.165) is 12.2 Å². The minimum Gasteiger partial charge on any atom is -0.467 e. The van der Waals surface area contributed by atoms with Crippen LogP contribution in [0.15, 0.2) is 22.8 Å². The molecule has 5 heteroatoms. The molecule has 0 atom stereocenters. The van der Waals surface area contributed by atoms with Gasteiger partial charge in [-0.25, -0.2) is 0 Å². The third-order valence-corrected chi connectivity index (χ3v) is 2.61. The number of nitrogens with two attached hydrogens (primary N) is 1. The minimum absolute atomic E-state index is 0.0459. The Morgan fingerprint density at radius 3 is 2.95 bits per heavy atom.